The third kappa shape index (κ3) is 4.61. The molecule has 0 aliphatic rings. The Morgan fingerprint density at radius 2 is 2.05 bits per heavy atom. The van der Waals surface area contributed by atoms with Crippen molar-refractivity contribution >= 4 is 23.4 Å². The molecule has 5 nitrogen and oxygen atoms in total. The highest BCUT2D eigenvalue weighted by Crippen LogP contribution is 2.26. The first kappa shape index (κ1) is 16.6. The summed E-state index contributed by atoms with van der Waals surface area (Å²) in [6.45, 7) is 4.10. The second-order valence-corrected chi connectivity index (χ2v) is 6.71. The predicted molar refractivity (Wildman–Crippen MR) is 89.8 cm³/mol. The highest BCUT2D eigenvalue weighted by atomic mass is 32.2. The van der Waals surface area contributed by atoms with Gasteiger partial charge in [0.15, 0.2) is 5.16 Å². The van der Waals surface area contributed by atoms with E-state index in [-0.39, 0.29) is 5.91 Å². The third-order valence-corrected chi connectivity index (χ3v) is 4.25. The van der Waals surface area contributed by atoms with Crippen LogP contribution in [0.1, 0.15) is 20.3 Å². The number of carbonyl (C=O) groups excluding carboxylic acids is 1. The molecule has 0 fully saturated rings. The summed E-state index contributed by atoms with van der Waals surface area (Å²) in [6, 6.07) is 7.21. The Kier molecular flexibility index (Phi) is 5.63. The Morgan fingerprint density at radius 3 is 2.59 bits per heavy atom. The molecule has 0 aliphatic heterocycles. The van der Waals surface area contributed by atoms with Crippen LogP contribution < -0.4 is 11.1 Å². The number of nitrogens with zero attached hydrogens (tertiary/aromatic N) is 2. The fourth-order valence-electron chi connectivity index (χ4n) is 2.01. The van der Waals surface area contributed by atoms with Gasteiger partial charge in [-0.1, -0.05) is 25.6 Å². The monoisotopic (exact) mass is 318 g/mol. The highest BCUT2D eigenvalue weighted by Gasteiger charge is 2.15. The van der Waals surface area contributed by atoms with Crippen LogP contribution in [0.2, 0.25) is 0 Å². The fraction of sp³-hybridized carbons (Fsp3) is 0.375. The lowest BCUT2D eigenvalue weighted by Gasteiger charge is -2.14. The Hall–Kier alpha value is -1.79. The zero-order valence-electron chi connectivity index (χ0n) is 13.1. The van der Waals surface area contributed by atoms with E-state index in [2.05, 4.69) is 24.1 Å². The minimum absolute atomic E-state index is 0.141. The lowest BCUT2D eigenvalue weighted by Crippen LogP contribution is -2.36. The van der Waals surface area contributed by atoms with Crippen molar-refractivity contribution in [3.63, 3.8) is 0 Å². The van der Waals surface area contributed by atoms with Crippen molar-refractivity contribution in [1.82, 2.24) is 9.55 Å². The molecule has 118 valence electrons. The van der Waals surface area contributed by atoms with Crippen LogP contribution in [0.25, 0.3) is 0 Å². The smallest absolute Gasteiger partial charge is 0.241 e. The quantitative estimate of drug-likeness (QED) is 0.859. The van der Waals surface area contributed by atoms with E-state index in [0.29, 0.717) is 12.3 Å². The van der Waals surface area contributed by atoms with Gasteiger partial charge in [0.1, 0.15) is 0 Å². The number of carbonyl (C=O) groups is 1. The van der Waals surface area contributed by atoms with Gasteiger partial charge >= 0.3 is 0 Å². The van der Waals surface area contributed by atoms with Crippen molar-refractivity contribution in [3.8, 4) is 0 Å². The van der Waals surface area contributed by atoms with Crippen LogP contribution in [0.15, 0.2) is 46.7 Å². The van der Waals surface area contributed by atoms with Gasteiger partial charge < -0.3 is 15.6 Å². The minimum Gasteiger partial charge on any atom is -0.329 e. The molecule has 3 N–H and O–H groups in total. The molecule has 1 aromatic carbocycles. The van der Waals surface area contributed by atoms with Crippen LogP contribution in [-0.4, -0.2) is 21.5 Å². The van der Waals surface area contributed by atoms with E-state index < -0.39 is 6.04 Å². The average molecular weight is 318 g/mol. The molecule has 0 saturated carbocycles. The van der Waals surface area contributed by atoms with E-state index in [1.165, 1.54) is 0 Å². The molecule has 0 aliphatic carbocycles. The van der Waals surface area contributed by atoms with Gasteiger partial charge in [-0.25, -0.2) is 4.98 Å². The maximum atomic E-state index is 12.0. The standard InChI is InChI=1S/C16H22N4OS/c1-11(2)10-14(17)15(21)19-12-4-6-13(7-5-12)22-16-18-8-9-20(16)3/h4-9,11,14H,10,17H2,1-3H3,(H,19,21)/t14-/m0/s1. The van der Waals surface area contributed by atoms with E-state index in [0.717, 1.165) is 15.7 Å². The van der Waals surface area contributed by atoms with Crippen molar-refractivity contribution in [1.29, 1.82) is 0 Å². The fourth-order valence-corrected chi connectivity index (χ4v) is 2.81. The Labute approximate surface area is 135 Å². The second kappa shape index (κ2) is 7.47. The number of nitrogens with two attached hydrogens (primary N) is 1. The van der Waals surface area contributed by atoms with Crippen molar-refractivity contribution in [3.05, 3.63) is 36.7 Å². The highest BCUT2D eigenvalue weighted by molar-refractivity contribution is 7.99. The number of aromatic nitrogens is 2. The number of aryl methyl sites for hydroxylation is 1. The van der Waals surface area contributed by atoms with Crippen LogP contribution >= 0.6 is 11.8 Å². The lowest BCUT2D eigenvalue weighted by atomic mass is 10.0. The van der Waals surface area contributed by atoms with Gasteiger partial charge in [-0.05, 0) is 36.6 Å². The summed E-state index contributed by atoms with van der Waals surface area (Å²) in [5.74, 6) is 0.260. The van der Waals surface area contributed by atoms with Gasteiger partial charge in [0, 0.05) is 30.0 Å². The molecule has 0 unspecified atom stereocenters. The van der Waals surface area contributed by atoms with Gasteiger partial charge in [-0.3, -0.25) is 4.79 Å². The first-order valence-electron chi connectivity index (χ1n) is 7.27. The van der Waals surface area contributed by atoms with Gasteiger partial charge in [0.05, 0.1) is 6.04 Å². The summed E-state index contributed by atoms with van der Waals surface area (Å²) < 4.78 is 1.96. The second-order valence-electron chi connectivity index (χ2n) is 5.67. The van der Waals surface area contributed by atoms with Gasteiger partial charge in [0.25, 0.3) is 0 Å². The van der Waals surface area contributed by atoms with Gasteiger partial charge in [-0.15, -0.1) is 0 Å². The Morgan fingerprint density at radius 1 is 1.36 bits per heavy atom. The summed E-state index contributed by atoms with van der Waals surface area (Å²) in [4.78, 5) is 17.3. The Balaban J connectivity index is 1.94. The van der Waals surface area contributed by atoms with E-state index >= 15 is 0 Å². The van der Waals surface area contributed by atoms with Crippen molar-refractivity contribution in [2.45, 2.75) is 36.4 Å². The average Bonchev–Trinajstić information content (AvgIpc) is 2.85. The maximum absolute atomic E-state index is 12.0. The molecule has 0 saturated heterocycles. The predicted octanol–water partition coefficient (Wildman–Crippen LogP) is 2.88. The summed E-state index contributed by atoms with van der Waals surface area (Å²) in [5.41, 5.74) is 6.63. The number of rotatable bonds is 6. The molecule has 0 radical (unpaired) electrons. The number of amides is 1. The van der Waals surface area contributed by atoms with Crippen LogP contribution in [0, 0.1) is 5.92 Å². The molecule has 1 heterocycles. The molecule has 0 bridgehead atoms. The summed E-state index contributed by atoms with van der Waals surface area (Å²) in [7, 11) is 1.96. The topological polar surface area (TPSA) is 72.9 Å². The lowest BCUT2D eigenvalue weighted by molar-refractivity contribution is -0.117. The molecule has 1 aromatic heterocycles. The summed E-state index contributed by atoms with van der Waals surface area (Å²) in [5, 5.41) is 3.78. The summed E-state index contributed by atoms with van der Waals surface area (Å²) in [6.07, 6.45) is 4.36. The number of hydrogen-bond acceptors (Lipinski definition) is 4. The zero-order chi connectivity index (χ0) is 16.1. The van der Waals surface area contributed by atoms with Crippen LogP contribution in [0.4, 0.5) is 5.69 Å². The molecular formula is C16H22N4OS. The number of hydrogen-bond donors (Lipinski definition) is 2. The largest absolute Gasteiger partial charge is 0.329 e. The molecular weight excluding hydrogens is 296 g/mol. The molecule has 1 amide bonds. The number of benzene rings is 1. The first-order valence-corrected chi connectivity index (χ1v) is 8.09. The van der Waals surface area contributed by atoms with Crippen molar-refractivity contribution in [2.24, 2.45) is 18.7 Å². The normalized spacial score (nSPS) is 12.4. The molecule has 2 rings (SSSR count). The van der Waals surface area contributed by atoms with Crippen molar-refractivity contribution in [2.75, 3.05) is 5.32 Å². The van der Waals surface area contributed by atoms with E-state index in [1.807, 2.05) is 42.1 Å². The number of imidazole rings is 1. The number of nitrogens with one attached hydrogen (secondary N) is 1. The zero-order valence-corrected chi connectivity index (χ0v) is 13.9. The van der Waals surface area contributed by atoms with Crippen LogP contribution in [0.3, 0.4) is 0 Å². The minimum atomic E-state index is -0.471. The van der Waals surface area contributed by atoms with Crippen LogP contribution in [0.5, 0.6) is 0 Å². The number of anilines is 1. The van der Waals surface area contributed by atoms with E-state index in [9.17, 15) is 4.79 Å². The van der Waals surface area contributed by atoms with E-state index in [4.69, 9.17) is 5.73 Å². The molecule has 6 heteroatoms. The molecule has 22 heavy (non-hydrogen) atoms. The molecule has 1 atom stereocenters. The van der Waals surface area contributed by atoms with Crippen molar-refractivity contribution < 1.29 is 4.79 Å². The maximum Gasteiger partial charge on any atom is 0.241 e. The van der Waals surface area contributed by atoms with E-state index in [1.54, 1.807) is 18.0 Å². The molecule has 2 aromatic rings. The first-order chi connectivity index (χ1) is 10.5. The third-order valence-electron chi connectivity index (χ3n) is 3.17. The van der Waals surface area contributed by atoms with Gasteiger partial charge in [0.2, 0.25) is 5.91 Å². The molecule has 0 spiro atoms. The Bertz CT molecular complexity index is 621. The van der Waals surface area contributed by atoms with Crippen LogP contribution in [-0.2, 0) is 11.8 Å². The van der Waals surface area contributed by atoms with Gasteiger partial charge in [-0.2, -0.15) is 0 Å². The summed E-state index contributed by atoms with van der Waals surface area (Å²) >= 11 is 1.58. The SMILES string of the molecule is CC(C)C[C@H](N)C(=O)Nc1ccc(Sc2nccn2C)cc1.